The van der Waals surface area contributed by atoms with Crippen LogP contribution in [-0.4, -0.2) is 23.2 Å². The zero-order chi connectivity index (χ0) is 22.2. The van der Waals surface area contributed by atoms with Crippen LogP contribution in [0.25, 0.3) is 21.3 Å². The van der Waals surface area contributed by atoms with Crippen LogP contribution in [0.1, 0.15) is 39.5 Å². The van der Waals surface area contributed by atoms with Crippen molar-refractivity contribution in [2.75, 3.05) is 18.5 Å². The number of hydrogen-bond donors (Lipinski definition) is 1. The van der Waals surface area contributed by atoms with E-state index in [2.05, 4.69) is 39.7 Å². The van der Waals surface area contributed by atoms with Gasteiger partial charge in [0.25, 0.3) is 0 Å². The van der Waals surface area contributed by atoms with E-state index in [1.807, 2.05) is 43.3 Å². The van der Waals surface area contributed by atoms with Crippen molar-refractivity contribution in [1.29, 1.82) is 0 Å². The third-order valence-corrected chi connectivity index (χ3v) is 6.12. The summed E-state index contributed by atoms with van der Waals surface area (Å²) in [6, 6.07) is 16.2. The number of ether oxygens (including phenoxy) is 2. The first-order chi connectivity index (χ1) is 15.8. The van der Waals surface area contributed by atoms with Gasteiger partial charge in [0.1, 0.15) is 28.5 Å². The van der Waals surface area contributed by atoms with Gasteiger partial charge in [0.05, 0.1) is 18.6 Å². The van der Waals surface area contributed by atoms with Crippen LogP contribution in [0, 0.1) is 0 Å². The van der Waals surface area contributed by atoms with E-state index in [4.69, 9.17) is 9.47 Å². The molecule has 166 valence electrons. The second-order valence-electron chi connectivity index (χ2n) is 7.57. The standard InChI is InChI=1S/C26H29N3O2S/c1-3-5-6-7-16-31-22-14-10-20(11-15-22)29-25-24-23(17-32-26(24)28-18-27-25)19-8-12-21(13-9-19)30-4-2/h8-15,17-18H,3-7,16H2,1-2H3,(H,27,28,29). The molecule has 0 radical (unpaired) electrons. The molecule has 0 aliphatic rings. The Kier molecular flexibility index (Phi) is 7.56. The fourth-order valence-electron chi connectivity index (χ4n) is 3.57. The van der Waals surface area contributed by atoms with Crippen LogP contribution in [0.15, 0.2) is 60.2 Å². The topological polar surface area (TPSA) is 56.3 Å². The third kappa shape index (κ3) is 5.37. The first-order valence-electron chi connectivity index (χ1n) is 11.2. The number of fused-ring (bicyclic) bond motifs is 1. The average Bonchev–Trinajstić information content (AvgIpc) is 3.26. The quantitative estimate of drug-likeness (QED) is 0.242. The molecule has 0 saturated heterocycles. The van der Waals surface area contributed by atoms with Gasteiger partial charge in [-0.3, -0.25) is 0 Å². The third-order valence-electron chi connectivity index (χ3n) is 5.23. The second kappa shape index (κ2) is 11.0. The molecule has 0 aliphatic carbocycles. The summed E-state index contributed by atoms with van der Waals surface area (Å²) in [6.45, 7) is 5.63. The molecule has 0 atom stereocenters. The van der Waals surface area contributed by atoms with Gasteiger partial charge in [-0.1, -0.05) is 38.3 Å². The molecule has 0 fully saturated rings. The normalized spacial score (nSPS) is 10.9. The predicted octanol–water partition coefficient (Wildman–Crippen LogP) is 7.46. The molecule has 0 spiro atoms. The maximum atomic E-state index is 5.86. The lowest BCUT2D eigenvalue weighted by Crippen LogP contribution is -1.98. The highest BCUT2D eigenvalue weighted by atomic mass is 32.1. The van der Waals surface area contributed by atoms with Gasteiger partial charge in [0, 0.05) is 16.6 Å². The minimum atomic E-state index is 0.658. The fraction of sp³-hybridized carbons (Fsp3) is 0.308. The summed E-state index contributed by atoms with van der Waals surface area (Å²) >= 11 is 1.62. The number of rotatable bonds is 11. The van der Waals surface area contributed by atoms with E-state index in [0.717, 1.165) is 57.4 Å². The van der Waals surface area contributed by atoms with Crippen LogP contribution in [-0.2, 0) is 0 Å². The first-order valence-corrected chi connectivity index (χ1v) is 12.1. The van der Waals surface area contributed by atoms with E-state index in [9.17, 15) is 0 Å². The van der Waals surface area contributed by atoms with Crippen molar-refractivity contribution in [3.63, 3.8) is 0 Å². The number of unbranched alkanes of at least 4 members (excludes halogenated alkanes) is 3. The largest absolute Gasteiger partial charge is 0.494 e. The highest BCUT2D eigenvalue weighted by Gasteiger charge is 2.13. The number of hydrogen-bond acceptors (Lipinski definition) is 6. The van der Waals surface area contributed by atoms with Crippen LogP contribution in [0.2, 0.25) is 0 Å². The van der Waals surface area contributed by atoms with Crippen molar-refractivity contribution in [3.05, 3.63) is 60.2 Å². The second-order valence-corrected chi connectivity index (χ2v) is 8.43. The number of anilines is 2. The van der Waals surface area contributed by atoms with Gasteiger partial charge < -0.3 is 14.8 Å². The van der Waals surface area contributed by atoms with Gasteiger partial charge in [0.2, 0.25) is 0 Å². The Balaban J connectivity index is 1.50. The summed E-state index contributed by atoms with van der Waals surface area (Å²) < 4.78 is 11.4. The van der Waals surface area contributed by atoms with Gasteiger partial charge in [-0.15, -0.1) is 11.3 Å². The lowest BCUT2D eigenvalue weighted by atomic mass is 10.1. The van der Waals surface area contributed by atoms with Crippen LogP contribution in [0.5, 0.6) is 11.5 Å². The van der Waals surface area contributed by atoms with Crippen molar-refractivity contribution in [2.24, 2.45) is 0 Å². The summed E-state index contributed by atoms with van der Waals surface area (Å²) in [5.74, 6) is 2.57. The Morgan fingerprint density at radius 2 is 1.59 bits per heavy atom. The molecule has 4 aromatic rings. The van der Waals surface area contributed by atoms with Crippen LogP contribution in [0.4, 0.5) is 11.5 Å². The molecule has 0 aliphatic heterocycles. The molecule has 0 amide bonds. The molecule has 32 heavy (non-hydrogen) atoms. The molecule has 0 unspecified atom stereocenters. The minimum absolute atomic E-state index is 0.658. The Hall–Kier alpha value is -3.12. The van der Waals surface area contributed by atoms with E-state index in [0.29, 0.717) is 6.61 Å². The Labute approximate surface area is 193 Å². The zero-order valence-electron chi connectivity index (χ0n) is 18.6. The number of nitrogens with zero attached hydrogens (tertiary/aromatic N) is 2. The lowest BCUT2D eigenvalue weighted by molar-refractivity contribution is 0.305. The number of nitrogens with one attached hydrogen (secondary N) is 1. The zero-order valence-corrected chi connectivity index (χ0v) is 19.5. The molecular formula is C26H29N3O2S. The summed E-state index contributed by atoms with van der Waals surface area (Å²) in [6.07, 6.45) is 6.43. The van der Waals surface area contributed by atoms with Crippen molar-refractivity contribution in [3.8, 4) is 22.6 Å². The Bertz CT molecular complexity index is 1120. The highest BCUT2D eigenvalue weighted by Crippen LogP contribution is 2.38. The van der Waals surface area contributed by atoms with E-state index < -0.39 is 0 Å². The van der Waals surface area contributed by atoms with Crippen molar-refractivity contribution in [2.45, 2.75) is 39.5 Å². The van der Waals surface area contributed by atoms with E-state index in [1.165, 1.54) is 19.3 Å². The van der Waals surface area contributed by atoms with Gasteiger partial charge in [-0.2, -0.15) is 0 Å². The Morgan fingerprint density at radius 3 is 2.34 bits per heavy atom. The van der Waals surface area contributed by atoms with Gasteiger partial charge in [-0.05, 0) is 55.3 Å². The van der Waals surface area contributed by atoms with Crippen LogP contribution >= 0.6 is 11.3 Å². The van der Waals surface area contributed by atoms with Gasteiger partial charge >= 0.3 is 0 Å². The van der Waals surface area contributed by atoms with Crippen molar-refractivity contribution in [1.82, 2.24) is 9.97 Å². The molecule has 0 bridgehead atoms. The molecule has 5 nitrogen and oxygen atoms in total. The molecule has 1 N–H and O–H groups in total. The highest BCUT2D eigenvalue weighted by molar-refractivity contribution is 7.17. The maximum Gasteiger partial charge on any atom is 0.143 e. The maximum absolute atomic E-state index is 5.86. The molecule has 4 rings (SSSR count). The van der Waals surface area contributed by atoms with Crippen LogP contribution in [0.3, 0.4) is 0 Å². The van der Waals surface area contributed by atoms with Gasteiger partial charge in [0.15, 0.2) is 0 Å². The predicted molar refractivity (Wildman–Crippen MR) is 133 cm³/mol. The minimum Gasteiger partial charge on any atom is -0.494 e. The number of aromatic nitrogens is 2. The van der Waals surface area contributed by atoms with Crippen molar-refractivity contribution < 1.29 is 9.47 Å². The summed E-state index contributed by atoms with van der Waals surface area (Å²) in [7, 11) is 0. The fourth-order valence-corrected chi connectivity index (χ4v) is 4.49. The molecule has 2 aromatic carbocycles. The van der Waals surface area contributed by atoms with E-state index in [-0.39, 0.29) is 0 Å². The number of thiophene rings is 1. The summed E-state index contributed by atoms with van der Waals surface area (Å²) in [5, 5.41) is 6.62. The van der Waals surface area contributed by atoms with E-state index >= 15 is 0 Å². The summed E-state index contributed by atoms with van der Waals surface area (Å²) in [5.41, 5.74) is 3.19. The van der Waals surface area contributed by atoms with E-state index in [1.54, 1.807) is 17.7 Å². The molecule has 2 heterocycles. The summed E-state index contributed by atoms with van der Waals surface area (Å²) in [4.78, 5) is 9.96. The average molecular weight is 448 g/mol. The van der Waals surface area contributed by atoms with Crippen molar-refractivity contribution >= 4 is 33.1 Å². The molecule has 2 aromatic heterocycles. The molecular weight excluding hydrogens is 418 g/mol. The van der Waals surface area contributed by atoms with Crippen LogP contribution < -0.4 is 14.8 Å². The molecule has 6 heteroatoms. The van der Waals surface area contributed by atoms with Gasteiger partial charge in [-0.25, -0.2) is 9.97 Å². The Morgan fingerprint density at radius 1 is 0.844 bits per heavy atom. The smallest absolute Gasteiger partial charge is 0.143 e. The SMILES string of the molecule is CCCCCCOc1ccc(Nc2ncnc3scc(-c4ccc(OCC)cc4)c23)cc1. The number of benzene rings is 2. The monoisotopic (exact) mass is 447 g/mol. The lowest BCUT2D eigenvalue weighted by Gasteiger charge is -2.10. The first kappa shape index (κ1) is 22.1. The molecule has 0 saturated carbocycles.